The lowest BCUT2D eigenvalue weighted by atomic mass is 10.3. The molecule has 9 heteroatoms. The van der Waals surface area contributed by atoms with Crippen molar-refractivity contribution in [1.29, 1.82) is 0 Å². The maximum Gasteiger partial charge on any atom is 0.181 e. The van der Waals surface area contributed by atoms with Crippen LogP contribution in [0.15, 0.2) is 58.0 Å². The Balaban J connectivity index is 0.000000166. The van der Waals surface area contributed by atoms with Gasteiger partial charge in [0.1, 0.15) is 22.5 Å². The van der Waals surface area contributed by atoms with Crippen LogP contribution in [0.5, 0.6) is 11.5 Å². The van der Waals surface area contributed by atoms with Gasteiger partial charge in [-0.2, -0.15) is 0 Å². The Morgan fingerprint density at radius 3 is 2.00 bits per heavy atom. The van der Waals surface area contributed by atoms with Crippen LogP contribution < -0.4 is 4.74 Å². The number of halogens is 3. The summed E-state index contributed by atoms with van der Waals surface area (Å²) in [6, 6.07) is 10.4. The molecular formula is C18H17Br3N2O4. The van der Waals surface area contributed by atoms with Crippen LogP contribution in [0.1, 0.15) is 0 Å². The van der Waals surface area contributed by atoms with Crippen molar-refractivity contribution in [3.05, 3.63) is 49.2 Å². The molecule has 0 unspecified atom stereocenters. The summed E-state index contributed by atoms with van der Waals surface area (Å²) in [4.78, 5) is 7.89. The zero-order valence-electron chi connectivity index (χ0n) is 14.1. The number of rotatable bonds is 4. The van der Waals surface area contributed by atoms with Crippen molar-refractivity contribution in [2.75, 3.05) is 22.6 Å². The van der Waals surface area contributed by atoms with Crippen molar-refractivity contribution in [3.63, 3.8) is 0 Å². The Bertz CT molecular complexity index is 940. The highest BCUT2D eigenvalue weighted by Gasteiger charge is 2.00. The molecule has 0 aliphatic carbocycles. The number of ether oxygens (including phenoxy) is 1. The molecule has 0 aliphatic rings. The maximum absolute atomic E-state index is 8.96. The molecule has 4 rings (SSSR count). The number of aromatic hydroxyl groups is 1. The van der Waals surface area contributed by atoms with E-state index in [1.807, 2.05) is 18.2 Å². The summed E-state index contributed by atoms with van der Waals surface area (Å²) in [6.45, 7) is 0.652. The first-order valence-electron chi connectivity index (χ1n) is 7.84. The fourth-order valence-electron chi connectivity index (χ4n) is 1.93. The number of alkyl halides is 3. The standard InChI is InChI=1S/C9H8BrNO2.C7H5NO2.C2H4Br2/c10-3-4-12-7-1-2-8-9(5-7)13-6-11-8;9-5-1-2-6-7(3-5)10-4-8-6;3-1-2-4/h1-2,5-6H,3-4H2;1-4,9H;1-2H2. The second-order valence-electron chi connectivity index (χ2n) is 4.90. The Morgan fingerprint density at radius 2 is 1.41 bits per heavy atom. The predicted octanol–water partition coefficient (Wildman–Crippen LogP) is 5.91. The van der Waals surface area contributed by atoms with Crippen LogP contribution in [0, 0.1) is 0 Å². The van der Waals surface area contributed by atoms with Crippen LogP contribution >= 0.6 is 47.8 Å². The second kappa shape index (κ2) is 12.0. The summed E-state index contributed by atoms with van der Waals surface area (Å²) < 4.78 is 15.5. The fourth-order valence-corrected chi connectivity index (χ4v) is 2.09. The van der Waals surface area contributed by atoms with Gasteiger partial charge >= 0.3 is 0 Å². The van der Waals surface area contributed by atoms with Crippen molar-refractivity contribution in [1.82, 2.24) is 9.97 Å². The van der Waals surface area contributed by atoms with Crippen molar-refractivity contribution in [2.45, 2.75) is 0 Å². The Hall–Kier alpha value is -1.58. The summed E-state index contributed by atoms with van der Waals surface area (Å²) in [6.07, 6.45) is 2.78. The minimum Gasteiger partial charge on any atom is -0.508 e. The zero-order valence-corrected chi connectivity index (χ0v) is 18.9. The Kier molecular flexibility index (Phi) is 9.65. The van der Waals surface area contributed by atoms with Crippen LogP contribution in [0.4, 0.5) is 0 Å². The highest BCUT2D eigenvalue weighted by Crippen LogP contribution is 2.19. The number of fused-ring (bicyclic) bond motifs is 2. The van der Waals surface area contributed by atoms with Gasteiger partial charge in [0.05, 0.1) is 6.61 Å². The molecule has 0 saturated carbocycles. The minimum atomic E-state index is 0.198. The SMILES string of the molecule is BrCCBr.BrCCOc1ccc2ncoc2c1.Oc1ccc2ncoc2c1. The molecule has 0 saturated heterocycles. The number of nitrogens with zero attached hydrogens (tertiary/aromatic N) is 2. The quantitative estimate of drug-likeness (QED) is 0.310. The van der Waals surface area contributed by atoms with Gasteiger partial charge in [0.15, 0.2) is 24.0 Å². The van der Waals surface area contributed by atoms with Crippen molar-refractivity contribution < 1.29 is 18.7 Å². The molecule has 6 nitrogen and oxygen atoms in total. The third-order valence-corrected chi connectivity index (χ3v) is 5.22. The smallest absolute Gasteiger partial charge is 0.181 e. The highest BCUT2D eigenvalue weighted by molar-refractivity contribution is 9.12. The molecule has 2 aromatic heterocycles. The van der Waals surface area contributed by atoms with Gasteiger partial charge in [0.2, 0.25) is 0 Å². The van der Waals surface area contributed by atoms with Gasteiger partial charge in [-0.25, -0.2) is 9.97 Å². The van der Waals surface area contributed by atoms with E-state index in [0.29, 0.717) is 12.2 Å². The molecule has 2 heterocycles. The number of oxazole rings is 2. The van der Waals surface area contributed by atoms with Gasteiger partial charge in [-0.3, -0.25) is 0 Å². The molecule has 0 fully saturated rings. The summed E-state index contributed by atoms with van der Waals surface area (Å²) >= 11 is 9.69. The van der Waals surface area contributed by atoms with Crippen molar-refractivity contribution >= 4 is 70.0 Å². The van der Waals surface area contributed by atoms with Gasteiger partial charge in [0, 0.05) is 28.1 Å². The molecule has 144 valence electrons. The van der Waals surface area contributed by atoms with Gasteiger partial charge in [-0.05, 0) is 24.3 Å². The summed E-state index contributed by atoms with van der Waals surface area (Å²) in [5, 5.41) is 11.9. The molecule has 0 aliphatic heterocycles. The van der Waals surface area contributed by atoms with Crippen LogP contribution in [0.25, 0.3) is 22.2 Å². The van der Waals surface area contributed by atoms with E-state index < -0.39 is 0 Å². The number of hydrogen-bond donors (Lipinski definition) is 1. The van der Waals surface area contributed by atoms with Gasteiger partial charge in [-0.1, -0.05) is 47.8 Å². The first kappa shape index (κ1) is 21.7. The minimum absolute atomic E-state index is 0.198. The first-order valence-corrected chi connectivity index (χ1v) is 11.2. The van der Waals surface area contributed by atoms with E-state index in [9.17, 15) is 0 Å². The average molecular weight is 565 g/mol. The third kappa shape index (κ3) is 7.15. The summed E-state index contributed by atoms with van der Waals surface area (Å²) in [5.41, 5.74) is 2.98. The summed E-state index contributed by atoms with van der Waals surface area (Å²) in [5.74, 6) is 1.01. The van der Waals surface area contributed by atoms with Gasteiger partial charge in [0.25, 0.3) is 0 Å². The van der Waals surface area contributed by atoms with E-state index in [1.54, 1.807) is 12.1 Å². The van der Waals surface area contributed by atoms with Crippen LogP contribution in [-0.2, 0) is 0 Å². The van der Waals surface area contributed by atoms with Crippen LogP contribution in [0.2, 0.25) is 0 Å². The van der Waals surface area contributed by atoms with E-state index in [1.165, 1.54) is 18.9 Å². The molecule has 1 N–H and O–H groups in total. The largest absolute Gasteiger partial charge is 0.508 e. The van der Waals surface area contributed by atoms with Crippen LogP contribution in [0.3, 0.4) is 0 Å². The molecule has 2 aromatic carbocycles. The van der Waals surface area contributed by atoms with E-state index in [2.05, 4.69) is 57.8 Å². The second-order valence-corrected chi connectivity index (χ2v) is 7.28. The highest BCUT2D eigenvalue weighted by atomic mass is 79.9. The number of phenols is 1. The van der Waals surface area contributed by atoms with Crippen molar-refractivity contribution in [3.8, 4) is 11.5 Å². The van der Waals surface area contributed by atoms with E-state index in [4.69, 9.17) is 18.7 Å². The zero-order chi connectivity index (χ0) is 19.5. The van der Waals surface area contributed by atoms with Gasteiger partial charge < -0.3 is 18.7 Å². The topological polar surface area (TPSA) is 81.5 Å². The molecule has 27 heavy (non-hydrogen) atoms. The molecular weight excluding hydrogens is 548 g/mol. The molecule has 4 aromatic rings. The van der Waals surface area contributed by atoms with E-state index in [-0.39, 0.29) is 5.75 Å². The molecule has 0 bridgehead atoms. The Labute approximate surface area is 181 Å². The number of aromatic nitrogens is 2. The third-order valence-electron chi connectivity index (χ3n) is 3.03. The lowest BCUT2D eigenvalue weighted by Gasteiger charge is -2.01. The predicted molar refractivity (Wildman–Crippen MR) is 117 cm³/mol. The fraction of sp³-hybridized carbons (Fsp3) is 0.222. The molecule has 0 radical (unpaired) electrons. The summed E-state index contributed by atoms with van der Waals surface area (Å²) in [7, 11) is 0. The molecule has 0 atom stereocenters. The maximum atomic E-state index is 8.96. The van der Waals surface area contributed by atoms with E-state index in [0.717, 1.165) is 38.4 Å². The van der Waals surface area contributed by atoms with Gasteiger partial charge in [-0.15, -0.1) is 0 Å². The monoisotopic (exact) mass is 562 g/mol. The van der Waals surface area contributed by atoms with E-state index >= 15 is 0 Å². The lowest BCUT2D eigenvalue weighted by Crippen LogP contribution is -1.96. The Morgan fingerprint density at radius 1 is 0.815 bits per heavy atom. The lowest BCUT2D eigenvalue weighted by molar-refractivity contribution is 0.345. The number of hydrogen-bond acceptors (Lipinski definition) is 6. The molecule has 0 spiro atoms. The number of phenolic OH excluding ortho intramolecular Hbond substituents is 1. The number of benzene rings is 2. The normalized spacial score (nSPS) is 10.0. The first-order chi connectivity index (χ1) is 13.2. The van der Waals surface area contributed by atoms with Crippen LogP contribution in [-0.4, -0.2) is 37.7 Å². The van der Waals surface area contributed by atoms with Crippen molar-refractivity contribution in [2.24, 2.45) is 0 Å². The average Bonchev–Trinajstić information content (AvgIpc) is 3.35. The molecule has 0 amide bonds.